The highest BCUT2D eigenvalue weighted by Gasteiger charge is 2.47. The summed E-state index contributed by atoms with van der Waals surface area (Å²) in [4.78, 5) is 76.1. The number of ketones is 2. The van der Waals surface area contributed by atoms with Crippen LogP contribution in [0.25, 0.3) is 22.3 Å². The van der Waals surface area contributed by atoms with E-state index >= 15 is 0 Å². The van der Waals surface area contributed by atoms with Crippen LogP contribution in [0, 0.1) is 0 Å². The van der Waals surface area contributed by atoms with Gasteiger partial charge in [-0.05, 0) is 30.5 Å². The number of nitrogen functional groups attached to an aromatic ring is 2. The topological polar surface area (TPSA) is 259 Å². The molecule has 4 rings (SSSR count). The minimum absolute atomic E-state index is 0.0117. The molecule has 0 aliphatic heterocycles. The van der Waals surface area contributed by atoms with E-state index in [9.17, 15) is 19.2 Å². The van der Waals surface area contributed by atoms with Crippen molar-refractivity contribution in [1.29, 1.82) is 0 Å². The molecule has 16 nitrogen and oxygen atoms in total. The molecule has 0 aromatic carbocycles. The fourth-order valence-corrected chi connectivity index (χ4v) is 10.8. The van der Waals surface area contributed by atoms with E-state index in [1.807, 2.05) is 0 Å². The summed E-state index contributed by atoms with van der Waals surface area (Å²) in [6.45, 7) is 16.0. The van der Waals surface area contributed by atoms with Crippen LogP contribution < -0.4 is 22.6 Å². The highest BCUT2D eigenvalue weighted by atomic mass is 28.4. The average molecular weight is 627 g/mol. The van der Waals surface area contributed by atoms with Crippen LogP contribution in [-0.4, -0.2) is 77.1 Å². The van der Waals surface area contributed by atoms with Gasteiger partial charge in [0.25, 0.3) is 11.1 Å². The first-order chi connectivity index (χ1) is 20.5. The van der Waals surface area contributed by atoms with E-state index < -0.39 is 37.4 Å². The molecule has 0 unspecified atom stereocenters. The van der Waals surface area contributed by atoms with Gasteiger partial charge < -0.3 is 21.0 Å². The Kier molecular flexibility index (Phi) is 10.4. The van der Waals surface area contributed by atoms with Gasteiger partial charge in [-0.1, -0.05) is 41.5 Å². The lowest BCUT2D eigenvalue weighted by Crippen LogP contribution is -2.51. The number of Topliss-reactive ketones (excluding diaryl/α,β-unsaturated/α-hetero) is 2. The molecule has 0 aliphatic rings. The molecule has 0 saturated carbocycles. The van der Waals surface area contributed by atoms with Crippen LogP contribution >= 0.6 is 0 Å². The van der Waals surface area contributed by atoms with Crippen molar-refractivity contribution in [2.75, 3.05) is 11.5 Å². The molecular formula is C27H38N10O6Si. The molecule has 4 aromatic heterocycles. The normalized spacial score (nSPS) is 13.3. The van der Waals surface area contributed by atoms with E-state index in [-0.39, 0.29) is 51.4 Å². The Bertz CT molecular complexity index is 1780. The molecule has 4 heterocycles. The van der Waals surface area contributed by atoms with E-state index in [0.29, 0.717) is 16.6 Å². The summed E-state index contributed by atoms with van der Waals surface area (Å²) in [7, 11) is -2.22. The molecule has 7 N–H and O–H groups in total. The van der Waals surface area contributed by atoms with Crippen LogP contribution in [0.4, 0.5) is 11.9 Å². The van der Waals surface area contributed by atoms with Crippen LogP contribution in [0.5, 0.6) is 0 Å². The Labute approximate surface area is 253 Å². The zero-order valence-electron chi connectivity index (χ0n) is 25.9. The van der Waals surface area contributed by atoms with Crippen LogP contribution in [0.3, 0.4) is 0 Å². The van der Waals surface area contributed by atoms with Gasteiger partial charge in [-0.3, -0.25) is 29.1 Å². The second-order valence-electron chi connectivity index (χ2n) is 11.2. The number of aliphatic hydroxyl groups excluding tert-OH is 1. The largest absolute Gasteiger partial charge is 0.406 e. The number of nitrogens with zero attached hydrogens (tertiary/aromatic N) is 6. The van der Waals surface area contributed by atoms with Crippen molar-refractivity contribution in [3.63, 3.8) is 0 Å². The zero-order chi connectivity index (χ0) is 33.1. The summed E-state index contributed by atoms with van der Waals surface area (Å²) in [5, 5.41) is 9.12. The van der Waals surface area contributed by atoms with Gasteiger partial charge in [-0.15, -0.1) is 0 Å². The smallest absolute Gasteiger partial charge is 0.280 e. The number of nitrogens with two attached hydrogens (primary N) is 2. The van der Waals surface area contributed by atoms with Gasteiger partial charge in [0.1, 0.15) is 23.6 Å². The van der Waals surface area contributed by atoms with Gasteiger partial charge in [0.15, 0.2) is 22.3 Å². The first kappa shape index (κ1) is 34.0. The summed E-state index contributed by atoms with van der Waals surface area (Å²) in [5.74, 6) is -1.03. The standard InChI is InChI=1S/C18H29N5O3Si.C9H9N5O3/c1-9(2)27(10(3)4,11(5)6)26-12(7)15(24)13-8-20-16-14(21-13)17(25)23-18(19)22-16;1-3(15)6(16)4-2-11-7-5(12-4)8(17)14-9(10)13-7/h8-12H,1-7H3,(H3,19,20,22,23,25);2-3,15H,1H3,(H3,10,11,13,14,17)/t12-;3-/m00/s1. The molecule has 0 bridgehead atoms. The molecule has 17 heteroatoms. The number of H-pyrrole nitrogens is 2. The predicted octanol–water partition coefficient (Wildman–Crippen LogP) is 1.92. The van der Waals surface area contributed by atoms with Crippen molar-refractivity contribution >= 4 is 54.1 Å². The van der Waals surface area contributed by atoms with Crippen molar-refractivity contribution in [3.8, 4) is 0 Å². The number of carbonyl (C=O) groups excluding carboxylic acids is 2. The number of aliphatic hydroxyl groups is 1. The molecule has 2 atom stereocenters. The van der Waals surface area contributed by atoms with Crippen LogP contribution in [0.2, 0.25) is 16.6 Å². The fourth-order valence-electron chi connectivity index (χ4n) is 5.30. The van der Waals surface area contributed by atoms with Crippen LogP contribution in [0.1, 0.15) is 76.4 Å². The third-order valence-corrected chi connectivity index (χ3v) is 13.4. The Hall–Kier alpha value is -4.48. The van der Waals surface area contributed by atoms with Gasteiger partial charge in [-0.25, -0.2) is 19.9 Å². The monoisotopic (exact) mass is 626 g/mol. The van der Waals surface area contributed by atoms with E-state index in [2.05, 4.69) is 81.4 Å². The number of nitrogens with one attached hydrogen (secondary N) is 2. The van der Waals surface area contributed by atoms with Crippen molar-refractivity contribution in [3.05, 3.63) is 44.5 Å². The Balaban J connectivity index is 0.000000266. The minimum Gasteiger partial charge on any atom is -0.406 e. The van der Waals surface area contributed by atoms with Crippen molar-refractivity contribution < 1.29 is 19.1 Å². The number of carbonyl (C=O) groups is 2. The Morgan fingerprint density at radius 3 is 1.48 bits per heavy atom. The summed E-state index contributed by atoms with van der Waals surface area (Å²) in [6, 6.07) is 0. The van der Waals surface area contributed by atoms with Crippen molar-refractivity contribution in [2.24, 2.45) is 0 Å². The zero-order valence-corrected chi connectivity index (χ0v) is 26.9. The molecule has 0 saturated heterocycles. The summed E-state index contributed by atoms with van der Waals surface area (Å²) in [5.41, 5.74) is 10.8. The Morgan fingerprint density at radius 1 is 0.727 bits per heavy atom. The number of fused-ring (bicyclic) bond motifs is 2. The number of aromatic amines is 2. The third-order valence-electron chi connectivity index (χ3n) is 7.21. The molecule has 0 radical (unpaired) electrons. The summed E-state index contributed by atoms with van der Waals surface area (Å²) >= 11 is 0. The second kappa shape index (κ2) is 13.4. The number of anilines is 2. The number of aromatic nitrogens is 8. The highest BCUT2D eigenvalue weighted by molar-refractivity contribution is 6.77. The molecule has 0 aliphatic carbocycles. The molecular weight excluding hydrogens is 588 g/mol. The van der Waals surface area contributed by atoms with Crippen LogP contribution in [0.15, 0.2) is 22.0 Å². The maximum atomic E-state index is 12.9. The van der Waals surface area contributed by atoms with Gasteiger partial charge in [0, 0.05) is 0 Å². The van der Waals surface area contributed by atoms with Gasteiger partial charge in [0.2, 0.25) is 31.8 Å². The molecule has 0 fully saturated rings. The van der Waals surface area contributed by atoms with E-state index in [1.165, 1.54) is 13.1 Å². The number of hydrogen-bond donors (Lipinski definition) is 5. The summed E-state index contributed by atoms with van der Waals surface area (Å²) < 4.78 is 6.50. The number of rotatable bonds is 9. The summed E-state index contributed by atoms with van der Waals surface area (Å²) in [6.07, 6.45) is 0.585. The van der Waals surface area contributed by atoms with E-state index in [4.69, 9.17) is 21.0 Å². The average Bonchev–Trinajstić information content (AvgIpc) is 2.94. The maximum absolute atomic E-state index is 12.9. The Morgan fingerprint density at radius 2 is 1.11 bits per heavy atom. The quantitative estimate of drug-likeness (QED) is 0.131. The molecule has 236 valence electrons. The third kappa shape index (κ3) is 7.00. The molecule has 44 heavy (non-hydrogen) atoms. The second-order valence-corrected chi connectivity index (χ2v) is 16.6. The molecule has 0 amide bonds. The first-order valence-corrected chi connectivity index (χ1v) is 16.1. The first-order valence-electron chi connectivity index (χ1n) is 14.0. The minimum atomic E-state index is -2.22. The van der Waals surface area contributed by atoms with E-state index in [1.54, 1.807) is 6.92 Å². The fraction of sp³-hybridized carbons (Fsp3) is 0.481. The lowest BCUT2D eigenvalue weighted by molar-refractivity contribution is 0.0772. The van der Waals surface area contributed by atoms with Gasteiger partial charge in [-0.2, -0.15) is 9.97 Å². The lowest BCUT2D eigenvalue weighted by Gasteiger charge is -2.43. The molecule has 0 spiro atoms. The maximum Gasteiger partial charge on any atom is 0.280 e. The van der Waals surface area contributed by atoms with Crippen LogP contribution in [-0.2, 0) is 4.43 Å². The van der Waals surface area contributed by atoms with E-state index in [0.717, 1.165) is 6.20 Å². The lowest BCUT2D eigenvalue weighted by atomic mass is 10.2. The SMILES string of the molecule is CC(C)[Si](O[C@@H](C)C(=O)c1cnc2nc(N)[nH]c(=O)c2n1)(C(C)C)C(C)C.C[C@H](O)C(=O)c1cnc2nc(N)[nH]c(=O)c2n1. The predicted molar refractivity (Wildman–Crippen MR) is 167 cm³/mol. The van der Waals surface area contributed by atoms with Crippen molar-refractivity contribution in [2.45, 2.75) is 84.2 Å². The van der Waals surface area contributed by atoms with Gasteiger partial charge in [0.05, 0.1) is 12.4 Å². The molecule has 4 aromatic rings. The van der Waals surface area contributed by atoms with Gasteiger partial charge >= 0.3 is 0 Å². The highest BCUT2D eigenvalue weighted by Crippen LogP contribution is 2.43. The number of hydrogen-bond acceptors (Lipinski definition) is 14. The van der Waals surface area contributed by atoms with Crippen molar-refractivity contribution in [1.82, 2.24) is 39.9 Å².